The minimum Gasteiger partial charge on any atom is -0.476 e. The van der Waals surface area contributed by atoms with Gasteiger partial charge in [0.1, 0.15) is 5.75 Å². The van der Waals surface area contributed by atoms with E-state index in [0.29, 0.717) is 5.75 Å². The topological polar surface area (TPSA) is 59.4 Å². The number of aryl methyl sites for hydroxylation is 2. The van der Waals surface area contributed by atoms with Crippen molar-refractivity contribution in [2.75, 3.05) is 0 Å². The minimum absolute atomic E-state index is 0.0824. The van der Waals surface area contributed by atoms with Gasteiger partial charge >= 0.3 is 5.97 Å². The molecular weight excluding hydrogens is 242 g/mol. The molecule has 0 saturated carbocycles. The highest BCUT2D eigenvalue weighted by Crippen LogP contribution is 2.29. The van der Waals surface area contributed by atoms with E-state index < -0.39 is 5.97 Å². The summed E-state index contributed by atoms with van der Waals surface area (Å²) in [5, 5.41) is 9.08. The third-order valence-corrected chi connectivity index (χ3v) is 2.96. The van der Waals surface area contributed by atoms with Crippen molar-refractivity contribution >= 4 is 5.97 Å². The summed E-state index contributed by atoms with van der Waals surface area (Å²) in [6.07, 6.45) is 1.44. The van der Waals surface area contributed by atoms with Crippen LogP contribution in [0.3, 0.4) is 0 Å². The van der Waals surface area contributed by atoms with Gasteiger partial charge in [0, 0.05) is 6.20 Å². The van der Waals surface area contributed by atoms with E-state index in [1.165, 1.54) is 6.20 Å². The summed E-state index contributed by atoms with van der Waals surface area (Å²) in [6, 6.07) is 7.21. The second kappa shape index (κ2) is 5.10. The fourth-order valence-electron chi connectivity index (χ4n) is 1.86. The highest BCUT2D eigenvalue weighted by atomic mass is 16.5. The van der Waals surface area contributed by atoms with Crippen molar-refractivity contribution in [3.63, 3.8) is 0 Å². The van der Waals surface area contributed by atoms with Crippen LogP contribution in [0.5, 0.6) is 11.5 Å². The number of hydrogen-bond donors (Lipinski definition) is 1. The number of carbonyl (C=O) groups is 1. The average molecular weight is 257 g/mol. The second-order valence-corrected chi connectivity index (χ2v) is 4.46. The van der Waals surface area contributed by atoms with Crippen molar-refractivity contribution in [3.8, 4) is 11.5 Å². The summed E-state index contributed by atoms with van der Waals surface area (Å²) >= 11 is 0. The lowest BCUT2D eigenvalue weighted by Crippen LogP contribution is -2.03. The standard InChI is InChI=1S/C15H15NO3/c1-9-7-10(2)11(3)13(8-9)19-12-5-4-6-16-14(12)15(17)18/h4-8H,1-3H3,(H,17,18). The van der Waals surface area contributed by atoms with Gasteiger partial charge in [-0.25, -0.2) is 9.78 Å². The van der Waals surface area contributed by atoms with Gasteiger partial charge in [-0.05, 0) is 55.7 Å². The van der Waals surface area contributed by atoms with E-state index >= 15 is 0 Å². The number of aromatic carboxylic acids is 1. The van der Waals surface area contributed by atoms with E-state index in [9.17, 15) is 4.79 Å². The average Bonchev–Trinajstić information content (AvgIpc) is 2.35. The van der Waals surface area contributed by atoms with Crippen LogP contribution >= 0.6 is 0 Å². The van der Waals surface area contributed by atoms with E-state index in [0.717, 1.165) is 16.7 Å². The Bertz CT molecular complexity index is 635. The monoisotopic (exact) mass is 257 g/mol. The zero-order valence-corrected chi connectivity index (χ0v) is 11.1. The summed E-state index contributed by atoms with van der Waals surface area (Å²) in [6.45, 7) is 5.91. The lowest BCUT2D eigenvalue weighted by molar-refractivity contribution is 0.0687. The largest absolute Gasteiger partial charge is 0.476 e. The molecule has 1 aromatic carbocycles. The van der Waals surface area contributed by atoms with Crippen molar-refractivity contribution in [1.29, 1.82) is 0 Å². The molecule has 0 aliphatic rings. The molecule has 1 aromatic heterocycles. The fourth-order valence-corrected chi connectivity index (χ4v) is 1.86. The maximum atomic E-state index is 11.1. The number of aromatic nitrogens is 1. The van der Waals surface area contributed by atoms with Crippen molar-refractivity contribution in [2.45, 2.75) is 20.8 Å². The first-order valence-corrected chi connectivity index (χ1v) is 5.93. The number of hydrogen-bond acceptors (Lipinski definition) is 3. The molecular formula is C15H15NO3. The zero-order chi connectivity index (χ0) is 14.0. The van der Waals surface area contributed by atoms with Gasteiger partial charge < -0.3 is 9.84 Å². The van der Waals surface area contributed by atoms with E-state index in [4.69, 9.17) is 9.84 Å². The number of carboxylic acid groups (broad SMARTS) is 1. The molecule has 0 spiro atoms. The Balaban J connectivity index is 2.45. The molecule has 2 aromatic rings. The number of ether oxygens (including phenoxy) is 1. The lowest BCUT2D eigenvalue weighted by atomic mass is 10.1. The Morgan fingerprint density at radius 1 is 1.21 bits per heavy atom. The van der Waals surface area contributed by atoms with Gasteiger partial charge in [-0.15, -0.1) is 0 Å². The zero-order valence-electron chi connectivity index (χ0n) is 11.1. The molecule has 19 heavy (non-hydrogen) atoms. The predicted molar refractivity (Wildman–Crippen MR) is 71.9 cm³/mol. The molecule has 4 nitrogen and oxygen atoms in total. The molecule has 2 rings (SSSR count). The fraction of sp³-hybridized carbons (Fsp3) is 0.200. The Morgan fingerprint density at radius 2 is 1.95 bits per heavy atom. The van der Waals surface area contributed by atoms with Crippen LogP contribution < -0.4 is 4.74 Å². The summed E-state index contributed by atoms with van der Waals surface area (Å²) in [5.41, 5.74) is 3.08. The number of nitrogens with zero attached hydrogens (tertiary/aromatic N) is 1. The Labute approximate surface area is 111 Å². The highest BCUT2D eigenvalue weighted by Gasteiger charge is 2.14. The van der Waals surface area contributed by atoms with Crippen LogP contribution in [0.15, 0.2) is 30.5 Å². The number of pyridine rings is 1. The summed E-state index contributed by atoms with van der Waals surface area (Å²) < 4.78 is 5.72. The molecule has 0 radical (unpaired) electrons. The summed E-state index contributed by atoms with van der Waals surface area (Å²) in [7, 11) is 0. The Kier molecular flexibility index (Phi) is 3.51. The van der Waals surface area contributed by atoms with Crippen molar-refractivity contribution in [1.82, 2.24) is 4.98 Å². The molecule has 4 heteroatoms. The van der Waals surface area contributed by atoms with Gasteiger partial charge in [0.15, 0.2) is 11.4 Å². The third kappa shape index (κ3) is 2.73. The van der Waals surface area contributed by atoms with E-state index in [1.807, 2.05) is 26.8 Å². The maximum absolute atomic E-state index is 11.1. The predicted octanol–water partition coefficient (Wildman–Crippen LogP) is 3.50. The molecule has 1 heterocycles. The summed E-state index contributed by atoms with van der Waals surface area (Å²) in [5.74, 6) is -0.186. The highest BCUT2D eigenvalue weighted by molar-refractivity contribution is 5.88. The Hall–Kier alpha value is -2.36. The molecule has 0 aliphatic carbocycles. The lowest BCUT2D eigenvalue weighted by Gasteiger charge is -2.13. The molecule has 0 saturated heterocycles. The van der Waals surface area contributed by atoms with Crippen LogP contribution in [0.2, 0.25) is 0 Å². The van der Waals surface area contributed by atoms with E-state index in [1.54, 1.807) is 12.1 Å². The first-order chi connectivity index (χ1) is 8.99. The number of carboxylic acids is 1. The molecule has 0 atom stereocenters. The number of benzene rings is 1. The van der Waals surface area contributed by atoms with Crippen molar-refractivity contribution in [3.05, 3.63) is 52.8 Å². The first kappa shape index (κ1) is 13.1. The SMILES string of the molecule is Cc1cc(C)c(C)c(Oc2cccnc2C(=O)O)c1. The van der Waals surface area contributed by atoms with Crippen LogP contribution in [0, 0.1) is 20.8 Å². The van der Waals surface area contributed by atoms with Gasteiger partial charge in [-0.3, -0.25) is 0 Å². The van der Waals surface area contributed by atoms with Gasteiger partial charge in [0.2, 0.25) is 0 Å². The Morgan fingerprint density at radius 3 is 2.63 bits per heavy atom. The van der Waals surface area contributed by atoms with Crippen molar-refractivity contribution < 1.29 is 14.6 Å². The summed E-state index contributed by atoms with van der Waals surface area (Å²) in [4.78, 5) is 14.9. The molecule has 0 amide bonds. The quantitative estimate of drug-likeness (QED) is 0.914. The minimum atomic E-state index is -1.10. The molecule has 0 fully saturated rings. The molecule has 1 N–H and O–H groups in total. The second-order valence-electron chi connectivity index (χ2n) is 4.46. The van der Waals surface area contributed by atoms with Crippen LogP contribution in [0.4, 0.5) is 0 Å². The molecule has 0 bridgehead atoms. The normalized spacial score (nSPS) is 10.3. The maximum Gasteiger partial charge on any atom is 0.358 e. The van der Waals surface area contributed by atoms with Crippen LogP contribution in [-0.4, -0.2) is 16.1 Å². The van der Waals surface area contributed by atoms with Gasteiger partial charge in [0.05, 0.1) is 0 Å². The van der Waals surface area contributed by atoms with E-state index in [-0.39, 0.29) is 11.4 Å². The third-order valence-electron chi connectivity index (χ3n) is 2.96. The van der Waals surface area contributed by atoms with Gasteiger partial charge in [0.25, 0.3) is 0 Å². The molecule has 0 unspecified atom stereocenters. The van der Waals surface area contributed by atoms with Gasteiger partial charge in [-0.2, -0.15) is 0 Å². The van der Waals surface area contributed by atoms with Crippen molar-refractivity contribution in [2.24, 2.45) is 0 Å². The van der Waals surface area contributed by atoms with Crippen LogP contribution in [-0.2, 0) is 0 Å². The van der Waals surface area contributed by atoms with Crippen LogP contribution in [0.25, 0.3) is 0 Å². The molecule has 98 valence electrons. The first-order valence-electron chi connectivity index (χ1n) is 5.93. The molecule has 0 aliphatic heterocycles. The van der Waals surface area contributed by atoms with E-state index in [2.05, 4.69) is 11.1 Å². The smallest absolute Gasteiger partial charge is 0.358 e. The van der Waals surface area contributed by atoms with Crippen LogP contribution in [0.1, 0.15) is 27.2 Å². The number of rotatable bonds is 3. The van der Waals surface area contributed by atoms with Gasteiger partial charge in [-0.1, -0.05) is 6.07 Å².